The average Bonchev–Trinajstić information content (AvgIpc) is 3.31. The van der Waals surface area contributed by atoms with Gasteiger partial charge in [-0.2, -0.15) is 14.6 Å². The maximum absolute atomic E-state index is 12.6. The van der Waals surface area contributed by atoms with Gasteiger partial charge >= 0.3 is 0 Å². The van der Waals surface area contributed by atoms with E-state index in [1.165, 1.54) is 49.0 Å². The maximum atomic E-state index is 12.6. The Hall–Kier alpha value is -2.03. The van der Waals surface area contributed by atoms with Crippen LogP contribution in [0.2, 0.25) is 0 Å². The van der Waals surface area contributed by atoms with Crippen molar-refractivity contribution >= 4 is 21.5 Å². The third-order valence-electron chi connectivity index (χ3n) is 5.88. The number of piperidine rings is 1. The fraction of sp³-hybridized carbons (Fsp3) is 0.667. The highest BCUT2D eigenvalue weighted by Crippen LogP contribution is 2.33. The van der Waals surface area contributed by atoms with E-state index in [2.05, 4.69) is 15.1 Å². The molecule has 1 saturated heterocycles. The highest BCUT2D eigenvalue weighted by molar-refractivity contribution is 7.90. The molecule has 3 heterocycles. The summed E-state index contributed by atoms with van der Waals surface area (Å²) in [6.07, 6.45) is 10.9. The van der Waals surface area contributed by atoms with Gasteiger partial charge in [0.25, 0.3) is 5.78 Å². The van der Waals surface area contributed by atoms with Crippen LogP contribution in [0.15, 0.2) is 17.4 Å². The molecule has 4 rings (SSSR count). The average molecular weight is 391 g/mol. The lowest BCUT2D eigenvalue weighted by Crippen LogP contribution is -2.39. The number of sulfone groups is 1. The quantitative estimate of drug-likeness (QED) is 0.788. The van der Waals surface area contributed by atoms with E-state index in [9.17, 15) is 13.2 Å². The van der Waals surface area contributed by atoms with Crippen LogP contribution in [0.5, 0.6) is 0 Å². The van der Waals surface area contributed by atoms with E-state index in [4.69, 9.17) is 0 Å². The number of aromatic nitrogens is 4. The van der Waals surface area contributed by atoms with Gasteiger partial charge in [0.2, 0.25) is 5.91 Å². The van der Waals surface area contributed by atoms with Gasteiger partial charge in [-0.3, -0.25) is 4.79 Å². The molecule has 0 N–H and O–H groups in total. The van der Waals surface area contributed by atoms with Gasteiger partial charge < -0.3 is 4.90 Å². The highest BCUT2D eigenvalue weighted by Gasteiger charge is 2.31. The SMILES string of the molecule is CS(=O)(=O)c1cnc2ncnn2c1C1CCN(C(=O)CC2CCCC2)CC1. The molecule has 0 radical (unpaired) electrons. The lowest BCUT2D eigenvalue weighted by atomic mass is 9.92. The molecule has 27 heavy (non-hydrogen) atoms. The molecule has 8 nitrogen and oxygen atoms in total. The fourth-order valence-corrected chi connectivity index (χ4v) is 5.31. The number of hydrogen-bond donors (Lipinski definition) is 0. The minimum Gasteiger partial charge on any atom is -0.343 e. The number of hydrogen-bond acceptors (Lipinski definition) is 6. The van der Waals surface area contributed by atoms with Crippen molar-refractivity contribution in [1.82, 2.24) is 24.5 Å². The fourth-order valence-electron chi connectivity index (χ4n) is 4.43. The third-order valence-corrected chi connectivity index (χ3v) is 6.99. The summed E-state index contributed by atoms with van der Waals surface area (Å²) in [5.41, 5.74) is 0.642. The van der Waals surface area contributed by atoms with Gasteiger partial charge in [-0.25, -0.2) is 13.4 Å². The maximum Gasteiger partial charge on any atom is 0.252 e. The summed E-state index contributed by atoms with van der Waals surface area (Å²) in [5.74, 6) is 1.20. The van der Waals surface area contributed by atoms with Crippen molar-refractivity contribution in [1.29, 1.82) is 0 Å². The molecule has 2 aromatic heterocycles. The molecule has 0 bridgehead atoms. The van der Waals surface area contributed by atoms with E-state index in [0.29, 0.717) is 36.9 Å². The molecule has 1 aliphatic heterocycles. The second-order valence-corrected chi connectivity index (χ2v) is 9.75. The van der Waals surface area contributed by atoms with Crippen LogP contribution in [-0.4, -0.2) is 58.2 Å². The zero-order chi connectivity index (χ0) is 19.0. The van der Waals surface area contributed by atoms with Crippen LogP contribution in [0.4, 0.5) is 0 Å². The Balaban J connectivity index is 1.52. The second-order valence-electron chi connectivity index (χ2n) is 7.76. The molecule has 0 aromatic carbocycles. The van der Waals surface area contributed by atoms with Crippen molar-refractivity contribution < 1.29 is 13.2 Å². The van der Waals surface area contributed by atoms with Crippen LogP contribution >= 0.6 is 0 Å². The minimum atomic E-state index is -3.43. The van der Waals surface area contributed by atoms with E-state index < -0.39 is 9.84 Å². The number of rotatable bonds is 4. The molecule has 1 saturated carbocycles. The topological polar surface area (TPSA) is 97.5 Å². The lowest BCUT2D eigenvalue weighted by Gasteiger charge is -2.33. The molecule has 146 valence electrons. The Bertz CT molecular complexity index is 941. The van der Waals surface area contributed by atoms with Gasteiger partial charge in [-0.1, -0.05) is 12.8 Å². The first-order valence-electron chi connectivity index (χ1n) is 9.60. The number of likely N-dealkylation sites (tertiary alicyclic amines) is 1. The molecular weight excluding hydrogens is 366 g/mol. The van der Waals surface area contributed by atoms with Gasteiger partial charge in [0, 0.05) is 31.7 Å². The summed E-state index contributed by atoms with van der Waals surface area (Å²) >= 11 is 0. The molecule has 0 atom stereocenters. The Kier molecular flexibility index (Phi) is 4.88. The summed E-state index contributed by atoms with van der Waals surface area (Å²) in [7, 11) is -3.43. The first-order chi connectivity index (χ1) is 12.9. The third kappa shape index (κ3) is 3.69. The largest absolute Gasteiger partial charge is 0.343 e. The van der Waals surface area contributed by atoms with Gasteiger partial charge in [-0.15, -0.1) is 0 Å². The van der Waals surface area contributed by atoms with E-state index in [-0.39, 0.29) is 16.7 Å². The Labute approximate surface area is 158 Å². The van der Waals surface area contributed by atoms with E-state index in [1.54, 1.807) is 0 Å². The summed E-state index contributed by atoms with van der Waals surface area (Å²) in [4.78, 5) is 22.9. The van der Waals surface area contributed by atoms with Gasteiger partial charge in [-0.05, 0) is 31.6 Å². The molecule has 1 amide bonds. The molecule has 2 aliphatic rings. The van der Waals surface area contributed by atoms with E-state index in [1.807, 2.05) is 4.90 Å². The van der Waals surface area contributed by atoms with Gasteiger partial charge in [0.1, 0.15) is 11.2 Å². The number of carbonyl (C=O) groups is 1. The van der Waals surface area contributed by atoms with Crippen molar-refractivity contribution in [3.8, 4) is 0 Å². The molecule has 2 aromatic rings. The van der Waals surface area contributed by atoms with E-state index in [0.717, 1.165) is 12.8 Å². The first-order valence-corrected chi connectivity index (χ1v) is 11.5. The minimum absolute atomic E-state index is 0.0115. The molecule has 0 unspecified atom stereocenters. The van der Waals surface area contributed by atoms with E-state index >= 15 is 0 Å². The molecule has 0 spiro atoms. The normalized spacial score (nSPS) is 19.8. The van der Waals surface area contributed by atoms with Crippen molar-refractivity contribution in [3.63, 3.8) is 0 Å². The number of carbonyl (C=O) groups excluding carboxylic acids is 1. The van der Waals surface area contributed by atoms with Crippen molar-refractivity contribution in [2.24, 2.45) is 5.92 Å². The smallest absolute Gasteiger partial charge is 0.252 e. The second kappa shape index (κ2) is 7.18. The summed E-state index contributed by atoms with van der Waals surface area (Å²) in [6, 6.07) is 0. The molecule has 1 aliphatic carbocycles. The van der Waals surface area contributed by atoms with Crippen LogP contribution < -0.4 is 0 Å². The summed E-state index contributed by atoms with van der Waals surface area (Å²) < 4.78 is 26.1. The highest BCUT2D eigenvalue weighted by atomic mass is 32.2. The summed E-state index contributed by atoms with van der Waals surface area (Å²) in [5, 5.41) is 4.19. The van der Waals surface area contributed by atoms with Crippen molar-refractivity contribution in [3.05, 3.63) is 18.2 Å². The standard InChI is InChI=1S/C18H25N5O3S/c1-27(25,26)15-11-19-18-20-12-21-23(18)17(15)14-6-8-22(9-7-14)16(24)10-13-4-2-3-5-13/h11-14H,2-10H2,1H3. The van der Waals surface area contributed by atoms with Crippen LogP contribution in [-0.2, 0) is 14.6 Å². The number of fused-ring (bicyclic) bond motifs is 1. The van der Waals surface area contributed by atoms with Crippen molar-refractivity contribution in [2.45, 2.75) is 55.8 Å². The molecule has 9 heteroatoms. The lowest BCUT2D eigenvalue weighted by molar-refractivity contribution is -0.133. The summed E-state index contributed by atoms with van der Waals surface area (Å²) in [6.45, 7) is 1.30. The Morgan fingerprint density at radius 3 is 2.52 bits per heavy atom. The van der Waals surface area contributed by atoms with Gasteiger partial charge in [0.05, 0.1) is 11.9 Å². The van der Waals surface area contributed by atoms with Crippen LogP contribution in [0, 0.1) is 5.92 Å². The monoisotopic (exact) mass is 391 g/mol. The molecule has 2 fully saturated rings. The number of amides is 1. The first kappa shape index (κ1) is 18.3. The Morgan fingerprint density at radius 2 is 1.85 bits per heavy atom. The van der Waals surface area contributed by atoms with Crippen LogP contribution in [0.3, 0.4) is 0 Å². The molecular formula is C18H25N5O3S. The number of nitrogens with zero attached hydrogens (tertiary/aromatic N) is 5. The predicted molar refractivity (Wildman–Crippen MR) is 99.0 cm³/mol. The predicted octanol–water partition coefficient (Wildman–Crippen LogP) is 1.81. The zero-order valence-corrected chi connectivity index (χ0v) is 16.4. The van der Waals surface area contributed by atoms with Crippen LogP contribution in [0.1, 0.15) is 56.6 Å². The van der Waals surface area contributed by atoms with Gasteiger partial charge in [0.15, 0.2) is 9.84 Å². The Morgan fingerprint density at radius 1 is 1.15 bits per heavy atom. The van der Waals surface area contributed by atoms with Crippen molar-refractivity contribution in [2.75, 3.05) is 19.3 Å². The van der Waals surface area contributed by atoms with Crippen LogP contribution in [0.25, 0.3) is 5.78 Å². The zero-order valence-electron chi connectivity index (χ0n) is 15.5.